The molecule has 0 atom stereocenters. The molecule has 15 heavy (non-hydrogen) atoms. The molecule has 0 aromatic heterocycles. The summed E-state index contributed by atoms with van der Waals surface area (Å²) in [6.07, 6.45) is 0. The fourth-order valence-electron chi connectivity index (χ4n) is 1.13. The molecule has 0 radical (unpaired) electrons. The van der Waals surface area contributed by atoms with E-state index >= 15 is 0 Å². The fourth-order valence-corrected chi connectivity index (χ4v) is 1.36. The molecule has 0 saturated carbocycles. The number of hydrogen-bond acceptors (Lipinski definition) is 3. The number of halogens is 1. The van der Waals surface area contributed by atoms with E-state index in [1.165, 1.54) is 0 Å². The Labute approximate surface area is 119 Å². The van der Waals surface area contributed by atoms with Crippen LogP contribution in [0.25, 0.3) is 0 Å². The van der Waals surface area contributed by atoms with Gasteiger partial charge < -0.3 is 14.6 Å². The molecule has 0 fully saturated rings. The van der Waals surface area contributed by atoms with E-state index in [1.54, 1.807) is 12.1 Å². The monoisotopic (exact) mass is 280 g/mol. The fraction of sp³-hybridized carbons (Fsp3) is 0.300. The minimum atomic E-state index is -1.22. The smallest absolute Gasteiger partial charge is 0.546 e. The quantitative estimate of drug-likeness (QED) is 0.614. The standard InChI is InChI=1S/C10H11BrO3.Na/c1-6-3-8(14-5-9(12)13)4-7(2)10(6)11;/h3-4H,5H2,1-2H3,(H,12,13);/q;+1/p-1. The van der Waals surface area contributed by atoms with Crippen molar-refractivity contribution < 1.29 is 44.2 Å². The molecule has 0 bridgehead atoms. The number of carbonyl (C=O) groups is 1. The molecule has 3 nitrogen and oxygen atoms in total. The van der Waals surface area contributed by atoms with Crippen LogP contribution in [0, 0.1) is 13.8 Å². The summed E-state index contributed by atoms with van der Waals surface area (Å²) in [4.78, 5) is 10.2. The van der Waals surface area contributed by atoms with Gasteiger partial charge in [0.15, 0.2) is 0 Å². The van der Waals surface area contributed by atoms with Crippen molar-refractivity contribution in [2.75, 3.05) is 6.61 Å². The van der Waals surface area contributed by atoms with E-state index in [2.05, 4.69) is 15.9 Å². The molecule has 0 amide bonds. The Bertz CT molecular complexity index is 343. The van der Waals surface area contributed by atoms with Gasteiger partial charge in [0, 0.05) is 4.47 Å². The molecular weight excluding hydrogens is 271 g/mol. The second-order valence-corrected chi connectivity index (χ2v) is 3.82. The predicted molar refractivity (Wildman–Crippen MR) is 54.1 cm³/mol. The number of aryl methyl sites for hydroxylation is 2. The van der Waals surface area contributed by atoms with Gasteiger partial charge in [-0.1, -0.05) is 15.9 Å². The SMILES string of the molecule is Cc1cc(OCC(=O)[O-])cc(C)c1Br.[Na+]. The summed E-state index contributed by atoms with van der Waals surface area (Å²) in [5.41, 5.74) is 2.02. The van der Waals surface area contributed by atoms with E-state index in [0.29, 0.717) is 5.75 Å². The van der Waals surface area contributed by atoms with Gasteiger partial charge in [0.1, 0.15) is 12.4 Å². The third-order valence-corrected chi connectivity index (χ3v) is 3.02. The van der Waals surface area contributed by atoms with Crippen LogP contribution in [0.3, 0.4) is 0 Å². The van der Waals surface area contributed by atoms with Gasteiger partial charge in [0.05, 0.1) is 5.97 Å². The van der Waals surface area contributed by atoms with Crippen molar-refractivity contribution in [2.24, 2.45) is 0 Å². The van der Waals surface area contributed by atoms with Crippen LogP contribution >= 0.6 is 15.9 Å². The molecule has 0 saturated heterocycles. The summed E-state index contributed by atoms with van der Waals surface area (Å²) in [7, 11) is 0. The Morgan fingerprint density at radius 1 is 1.40 bits per heavy atom. The van der Waals surface area contributed by atoms with Crippen LogP contribution in [0.15, 0.2) is 16.6 Å². The zero-order chi connectivity index (χ0) is 10.7. The van der Waals surface area contributed by atoms with Crippen molar-refractivity contribution in [3.05, 3.63) is 27.7 Å². The number of rotatable bonds is 3. The predicted octanol–water partition coefficient (Wildman–Crippen LogP) is -1.80. The number of aliphatic carboxylic acids is 1. The van der Waals surface area contributed by atoms with Gasteiger partial charge in [-0.05, 0) is 37.1 Å². The van der Waals surface area contributed by atoms with Crippen LogP contribution in [-0.4, -0.2) is 12.6 Å². The van der Waals surface area contributed by atoms with Gasteiger partial charge in [-0.15, -0.1) is 0 Å². The van der Waals surface area contributed by atoms with Gasteiger partial charge in [0.25, 0.3) is 0 Å². The van der Waals surface area contributed by atoms with Crippen molar-refractivity contribution in [3.63, 3.8) is 0 Å². The van der Waals surface area contributed by atoms with Gasteiger partial charge >= 0.3 is 29.6 Å². The number of carboxylic acid groups (broad SMARTS) is 1. The van der Waals surface area contributed by atoms with Crippen LogP contribution in [0.2, 0.25) is 0 Å². The number of ether oxygens (including phenoxy) is 1. The second kappa shape index (κ2) is 6.53. The van der Waals surface area contributed by atoms with Crippen LogP contribution in [0.5, 0.6) is 5.75 Å². The van der Waals surface area contributed by atoms with Gasteiger partial charge in [-0.3, -0.25) is 0 Å². The maximum absolute atomic E-state index is 10.2. The summed E-state index contributed by atoms with van der Waals surface area (Å²) in [6, 6.07) is 3.56. The van der Waals surface area contributed by atoms with Crippen molar-refractivity contribution in [3.8, 4) is 5.75 Å². The van der Waals surface area contributed by atoms with Crippen molar-refractivity contribution in [2.45, 2.75) is 13.8 Å². The molecule has 0 spiro atoms. The maximum atomic E-state index is 10.2. The van der Waals surface area contributed by atoms with Crippen molar-refractivity contribution in [1.82, 2.24) is 0 Å². The summed E-state index contributed by atoms with van der Waals surface area (Å²) in [5, 5.41) is 10.2. The van der Waals surface area contributed by atoms with Crippen LogP contribution in [-0.2, 0) is 4.79 Å². The first-order valence-corrected chi connectivity index (χ1v) is 4.89. The van der Waals surface area contributed by atoms with Crippen molar-refractivity contribution in [1.29, 1.82) is 0 Å². The van der Waals surface area contributed by atoms with Crippen LogP contribution in [0.1, 0.15) is 11.1 Å². The molecule has 0 heterocycles. The van der Waals surface area contributed by atoms with Crippen LogP contribution < -0.4 is 39.4 Å². The minimum absolute atomic E-state index is 0. The maximum Gasteiger partial charge on any atom is 1.00 e. The first-order valence-electron chi connectivity index (χ1n) is 4.10. The Morgan fingerprint density at radius 2 is 1.87 bits per heavy atom. The molecule has 1 rings (SSSR count). The normalized spacial score (nSPS) is 9.27. The molecule has 0 aliphatic rings. The van der Waals surface area contributed by atoms with Gasteiger partial charge in [-0.2, -0.15) is 0 Å². The molecule has 1 aromatic rings. The molecule has 76 valence electrons. The first kappa shape index (κ1) is 15.0. The molecular formula is C10H10BrNaO3. The van der Waals surface area contributed by atoms with E-state index < -0.39 is 12.6 Å². The number of hydrogen-bond donors (Lipinski definition) is 0. The Morgan fingerprint density at radius 3 is 2.27 bits per heavy atom. The number of carbonyl (C=O) groups excluding carboxylic acids is 1. The summed E-state index contributed by atoms with van der Waals surface area (Å²) in [5.74, 6) is -0.671. The Hall–Kier alpha value is -0.0300. The van der Waals surface area contributed by atoms with Gasteiger partial charge in [0.2, 0.25) is 0 Å². The van der Waals surface area contributed by atoms with Crippen LogP contribution in [0.4, 0.5) is 0 Å². The molecule has 0 aliphatic carbocycles. The second-order valence-electron chi connectivity index (χ2n) is 3.03. The third kappa shape index (κ3) is 4.55. The average molecular weight is 281 g/mol. The summed E-state index contributed by atoms with van der Waals surface area (Å²) >= 11 is 3.41. The zero-order valence-corrected chi connectivity index (χ0v) is 12.6. The average Bonchev–Trinajstić information content (AvgIpc) is 2.10. The molecule has 5 heteroatoms. The van der Waals surface area contributed by atoms with E-state index in [1.807, 2.05) is 13.8 Å². The van der Waals surface area contributed by atoms with E-state index in [9.17, 15) is 9.90 Å². The van der Waals surface area contributed by atoms with Gasteiger partial charge in [-0.25, -0.2) is 0 Å². The van der Waals surface area contributed by atoms with E-state index in [4.69, 9.17) is 4.74 Å². The summed E-state index contributed by atoms with van der Waals surface area (Å²) < 4.78 is 6.01. The first-order chi connectivity index (χ1) is 6.50. The molecule has 0 unspecified atom stereocenters. The minimum Gasteiger partial charge on any atom is -0.546 e. The largest absolute Gasteiger partial charge is 1.00 e. The van der Waals surface area contributed by atoms with E-state index in [-0.39, 0.29) is 29.6 Å². The molecule has 1 aromatic carbocycles. The van der Waals surface area contributed by atoms with E-state index in [0.717, 1.165) is 15.6 Å². The zero-order valence-electron chi connectivity index (χ0n) is 8.96. The number of carboxylic acids is 1. The van der Waals surface area contributed by atoms with Crippen molar-refractivity contribution >= 4 is 21.9 Å². The summed E-state index contributed by atoms with van der Waals surface area (Å²) in [6.45, 7) is 3.42. The Kier molecular flexibility index (Phi) is 6.52. The molecule has 0 aliphatic heterocycles. The Balaban J connectivity index is 0.00000196. The number of benzene rings is 1. The molecule has 0 N–H and O–H groups in total. The third-order valence-electron chi connectivity index (χ3n) is 1.77. The topological polar surface area (TPSA) is 49.4 Å².